The first-order valence-corrected chi connectivity index (χ1v) is 19.5. The third-order valence-corrected chi connectivity index (χ3v) is 10.3. The number of hydrogen-bond acceptors (Lipinski definition) is 11. The van der Waals surface area contributed by atoms with Crippen molar-refractivity contribution in [3.8, 4) is 11.4 Å². The molecule has 0 radical (unpaired) electrons. The number of anilines is 1. The van der Waals surface area contributed by atoms with Gasteiger partial charge in [0.05, 0.1) is 12.7 Å². The molecule has 2 atom stereocenters. The molecule has 0 spiro atoms. The number of carbonyl (C=O) groups is 3. The Bertz CT molecular complexity index is 1700. The number of ether oxygens (including phenoxy) is 4. The number of piperazine rings is 1. The van der Waals surface area contributed by atoms with E-state index in [9.17, 15) is 18.9 Å². The highest BCUT2D eigenvalue weighted by Gasteiger charge is 2.36. The van der Waals surface area contributed by atoms with Gasteiger partial charge in [-0.3, -0.25) is 14.2 Å². The maximum absolute atomic E-state index is 14.3. The predicted octanol–water partition coefficient (Wildman–Crippen LogP) is 5.27. The number of carbonyl (C=O) groups excluding carboxylic acids is 3. The standard InChI is InChI=1S/C39H51N6O8P/c1-5-8-24-51-38(48)44-22-20-43(21-23-44)37(47)33(25-28-14-16-30(17-15-28)39(54-49,52-6-2)53-7-3)41-36(46)32-26-34(45-19-18-31(27-45)50-4)42-35(40-32)29-12-10-9-11-13-29/h9-17,26,31,33H,5-8,18-25,27H2,1-4H3,(H,41,46). The number of unbranched alkanes of at least 4 members (excludes halogenated alkanes) is 1. The monoisotopic (exact) mass is 762 g/mol. The molecule has 3 amide bonds. The van der Waals surface area contributed by atoms with Crippen LogP contribution in [0.2, 0.25) is 0 Å². The van der Waals surface area contributed by atoms with Gasteiger partial charge in [-0.25, -0.2) is 14.8 Å². The zero-order valence-electron chi connectivity index (χ0n) is 31.6. The number of hydrogen-bond donors (Lipinski definition) is 1. The molecule has 2 unspecified atom stereocenters. The van der Waals surface area contributed by atoms with Crippen LogP contribution in [0.1, 0.15) is 61.6 Å². The lowest BCUT2D eigenvalue weighted by atomic mass is 10.0. The summed E-state index contributed by atoms with van der Waals surface area (Å²) in [5, 5.41) is 2.99. The van der Waals surface area contributed by atoms with Crippen molar-refractivity contribution in [2.45, 2.75) is 64.1 Å². The number of nitrogens with one attached hydrogen (secondary N) is 1. The molecule has 54 heavy (non-hydrogen) atoms. The highest BCUT2D eigenvalue weighted by molar-refractivity contribution is 7.24. The maximum atomic E-state index is 14.3. The Morgan fingerprint density at radius 2 is 1.61 bits per heavy atom. The van der Waals surface area contributed by atoms with Gasteiger partial charge >= 0.3 is 6.09 Å². The SMILES string of the molecule is CCCCOC(=O)N1CCN(C(=O)C(Cc2ccc(C(OCC)(OCC)P=O)cc2)NC(=O)c2cc(N3CCC(OC)C3)nc(-c3ccccc3)n2)CC1. The summed E-state index contributed by atoms with van der Waals surface area (Å²) in [5.74, 6) is 0.175. The van der Waals surface area contributed by atoms with E-state index < -0.39 is 23.6 Å². The van der Waals surface area contributed by atoms with Crippen molar-refractivity contribution in [2.24, 2.45) is 0 Å². The molecule has 1 aromatic heterocycles. The molecule has 1 N–H and O–H groups in total. The van der Waals surface area contributed by atoms with Crippen LogP contribution < -0.4 is 10.2 Å². The number of amides is 3. The lowest BCUT2D eigenvalue weighted by Gasteiger charge is -2.36. The summed E-state index contributed by atoms with van der Waals surface area (Å²) in [6, 6.07) is 17.2. The molecule has 2 aliphatic heterocycles. The van der Waals surface area contributed by atoms with E-state index in [0.29, 0.717) is 50.0 Å². The summed E-state index contributed by atoms with van der Waals surface area (Å²) in [6.45, 7) is 9.06. The minimum absolute atomic E-state index is 0.0462. The summed E-state index contributed by atoms with van der Waals surface area (Å²) in [7, 11) is 1.34. The van der Waals surface area contributed by atoms with Crippen molar-refractivity contribution in [3.63, 3.8) is 0 Å². The molecule has 2 aromatic carbocycles. The zero-order chi connectivity index (χ0) is 38.5. The molecule has 0 bridgehead atoms. The van der Waals surface area contributed by atoms with E-state index in [4.69, 9.17) is 23.9 Å². The third kappa shape index (κ3) is 10.2. The van der Waals surface area contributed by atoms with E-state index in [-0.39, 0.29) is 58.9 Å². The van der Waals surface area contributed by atoms with Crippen molar-refractivity contribution < 1.29 is 37.9 Å². The molecular formula is C39H51N6O8P. The number of methoxy groups -OCH3 is 1. The average molecular weight is 763 g/mol. The van der Waals surface area contributed by atoms with Gasteiger partial charge in [0.1, 0.15) is 17.6 Å². The Labute approximate surface area is 318 Å². The van der Waals surface area contributed by atoms with Gasteiger partial charge in [0.2, 0.25) is 14.4 Å². The molecule has 5 rings (SSSR count). The van der Waals surface area contributed by atoms with Crippen LogP contribution in [0.4, 0.5) is 10.6 Å². The van der Waals surface area contributed by atoms with Gasteiger partial charge in [0.15, 0.2) is 5.82 Å². The van der Waals surface area contributed by atoms with E-state index in [1.807, 2.05) is 37.3 Å². The molecule has 3 aromatic rings. The second-order valence-corrected chi connectivity index (χ2v) is 13.9. The summed E-state index contributed by atoms with van der Waals surface area (Å²) in [4.78, 5) is 55.9. The first-order valence-electron chi connectivity index (χ1n) is 18.7. The zero-order valence-corrected chi connectivity index (χ0v) is 32.5. The summed E-state index contributed by atoms with van der Waals surface area (Å²) >= 11 is 0. The summed E-state index contributed by atoms with van der Waals surface area (Å²) in [6.07, 6.45) is 2.34. The number of nitrogens with zero attached hydrogens (tertiary/aromatic N) is 5. The smallest absolute Gasteiger partial charge is 0.409 e. The molecule has 2 aliphatic rings. The van der Waals surface area contributed by atoms with Crippen LogP contribution in [0.25, 0.3) is 11.4 Å². The van der Waals surface area contributed by atoms with Gasteiger partial charge in [-0.1, -0.05) is 67.9 Å². The number of benzene rings is 2. The first-order chi connectivity index (χ1) is 26.2. The Hall–Kier alpha value is -4.49. The first kappa shape index (κ1) is 40.7. The Morgan fingerprint density at radius 1 is 0.926 bits per heavy atom. The van der Waals surface area contributed by atoms with Gasteiger partial charge in [-0.15, -0.1) is 0 Å². The van der Waals surface area contributed by atoms with Crippen molar-refractivity contribution >= 4 is 32.2 Å². The second kappa shape index (κ2) is 19.7. The summed E-state index contributed by atoms with van der Waals surface area (Å²) < 4.78 is 34.8. The Balaban J connectivity index is 1.41. The molecule has 15 heteroatoms. The van der Waals surface area contributed by atoms with Crippen LogP contribution in [0.15, 0.2) is 60.7 Å². The molecule has 14 nitrogen and oxygen atoms in total. The fraction of sp³-hybridized carbons (Fsp3) is 0.513. The second-order valence-electron chi connectivity index (χ2n) is 13.1. The van der Waals surface area contributed by atoms with Crippen molar-refractivity contribution in [3.05, 3.63) is 77.5 Å². The van der Waals surface area contributed by atoms with Crippen LogP contribution in [0.3, 0.4) is 0 Å². The summed E-state index contributed by atoms with van der Waals surface area (Å²) in [5.41, 5.74) is 0.724. The molecule has 0 saturated carbocycles. The minimum atomic E-state index is -1.46. The van der Waals surface area contributed by atoms with Gasteiger partial charge in [-0.05, 0) is 32.3 Å². The Kier molecular flexibility index (Phi) is 14.9. The topological polar surface area (TPSA) is 153 Å². The van der Waals surface area contributed by atoms with Crippen molar-refractivity contribution in [1.82, 2.24) is 25.1 Å². The van der Waals surface area contributed by atoms with Crippen LogP contribution >= 0.6 is 8.46 Å². The van der Waals surface area contributed by atoms with Gasteiger partial charge in [-0.2, -0.15) is 0 Å². The van der Waals surface area contributed by atoms with E-state index in [0.717, 1.165) is 30.4 Å². The third-order valence-electron chi connectivity index (χ3n) is 9.51. The van der Waals surface area contributed by atoms with Crippen LogP contribution in [-0.4, -0.2) is 116 Å². The number of aromatic nitrogens is 2. The van der Waals surface area contributed by atoms with E-state index >= 15 is 0 Å². The molecule has 2 fully saturated rings. The van der Waals surface area contributed by atoms with Crippen LogP contribution in [0.5, 0.6) is 0 Å². The maximum Gasteiger partial charge on any atom is 0.409 e. The lowest BCUT2D eigenvalue weighted by molar-refractivity contribution is -0.176. The van der Waals surface area contributed by atoms with Gasteiger partial charge in [0.25, 0.3) is 11.4 Å². The fourth-order valence-electron chi connectivity index (χ4n) is 6.51. The van der Waals surface area contributed by atoms with Gasteiger partial charge in [0, 0.05) is 83.2 Å². The number of rotatable bonds is 17. The van der Waals surface area contributed by atoms with E-state index in [2.05, 4.69) is 15.2 Å². The normalized spacial score (nSPS) is 16.7. The fourth-order valence-corrected chi connectivity index (χ4v) is 7.13. The molecular weight excluding hydrogens is 711 g/mol. The van der Waals surface area contributed by atoms with Crippen molar-refractivity contribution in [1.29, 1.82) is 0 Å². The van der Waals surface area contributed by atoms with Crippen LogP contribution in [-0.2, 0) is 40.3 Å². The van der Waals surface area contributed by atoms with Crippen molar-refractivity contribution in [2.75, 3.05) is 71.1 Å². The molecule has 0 aliphatic carbocycles. The minimum Gasteiger partial charge on any atom is -0.449 e. The van der Waals surface area contributed by atoms with E-state index in [1.54, 1.807) is 61.1 Å². The Morgan fingerprint density at radius 3 is 2.22 bits per heavy atom. The highest BCUT2D eigenvalue weighted by Crippen LogP contribution is 2.38. The molecule has 3 heterocycles. The van der Waals surface area contributed by atoms with Crippen LogP contribution in [0, 0.1) is 0 Å². The van der Waals surface area contributed by atoms with Gasteiger partial charge < -0.3 is 39.0 Å². The highest BCUT2D eigenvalue weighted by atomic mass is 31.1. The largest absolute Gasteiger partial charge is 0.449 e. The molecule has 290 valence electrons. The molecule has 2 saturated heterocycles. The quantitative estimate of drug-likeness (QED) is 0.109. The van der Waals surface area contributed by atoms with E-state index in [1.165, 1.54) is 0 Å². The lowest BCUT2D eigenvalue weighted by Crippen LogP contribution is -2.56. The predicted molar refractivity (Wildman–Crippen MR) is 203 cm³/mol. The average Bonchev–Trinajstić information content (AvgIpc) is 3.70.